The molecule has 6 heteroatoms. The summed E-state index contributed by atoms with van der Waals surface area (Å²) in [4.78, 5) is 6.70. The normalized spacial score (nSPS) is 33.4. The van der Waals surface area contributed by atoms with E-state index in [9.17, 15) is 5.11 Å². The highest BCUT2D eigenvalue weighted by Crippen LogP contribution is 2.60. The molecule has 0 spiro atoms. The number of aromatic nitrogens is 1. The van der Waals surface area contributed by atoms with Gasteiger partial charge in [-0.2, -0.15) is 11.8 Å². The number of amidine groups is 1. The van der Waals surface area contributed by atoms with Crippen molar-refractivity contribution in [2.75, 3.05) is 18.8 Å². The standard InChI is InChI=1S/C23H27N3OS2/c24-21-20(22-25-17-3-1-2-4-19(17)29-22)18(27)13-26(21)5-6-28-23-10-14-7-15(11-23)9-16(8-14)12-23/h1-4,14-16,24,27H,5-13H2. The van der Waals surface area contributed by atoms with Crippen LogP contribution in [0.3, 0.4) is 0 Å². The second kappa shape index (κ2) is 6.74. The third-order valence-electron chi connectivity index (χ3n) is 7.44. The minimum absolute atomic E-state index is 0.300. The van der Waals surface area contributed by atoms with Gasteiger partial charge in [0, 0.05) is 17.0 Å². The van der Waals surface area contributed by atoms with Crippen LogP contribution in [-0.2, 0) is 0 Å². The van der Waals surface area contributed by atoms with Crippen LogP contribution < -0.4 is 0 Å². The zero-order valence-corrected chi connectivity index (χ0v) is 18.2. The number of hydrogen-bond acceptors (Lipinski definition) is 5. The van der Waals surface area contributed by atoms with Crippen LogP contribution in [0.4, 0.5) is 0 Å². The second-order valence-electron chi connectivity index (χ2n) is 9.53. The SMILES string of the molecule is N=C1C(c2nc3ccccc3s2)=C(O)CN1CCSC12CC3CC(CC(C3)C1)C2. The van der Waals surface area contributed by atoms with E-state index in [1.165, 1.54) is 38.5 Å². The number of aliphatic hydroxyl groups is 1. The fraction of sp³-hybridized carbons (Fsp3) is 0.565. The topological polar surface area (TPSA) is 60.2 Å². The predicted octanol–water partition coefficient (Wildman–Crippen LogP) is 5.56. The minimum Gasteiger partial charge on any atom is -0.510 e. The highest BCUT2D eigenvalue weighted by atomic mass is 32.2. The number of nitrogens with one attached hydrogen (secondary N) is 1. The van der Waals surface area contributed by atoms with Gasteiger partial charge < -0.3 is 10.0 Å². The molecule has 0 saturated heterocycles. The fourth-order valence-electron chi connectivity index (χ4n) is 6.61. The molecular weight excluding hydrogens is 398 g/mol. The van der Waals surface area contributed by atoms with E-state index in [4.69, 9.17) is 5.41 Å². The van der Waals surface area contributed by atoms with Gasteiger partial charge in [-0.05, 0) is 68.4 Å². The molecule has 0 amide bonds. The Morgan fingerprint density at radius 3 is 2.52 bits per heavy atom. The van der Waals surface area contributed by atoms with Gasteiger partial charge in [0.15, 0.2) is 0 Å². The van der Waals surface area contributed by atoms with Crippen molar-refractivity contribution >= 4 is 44.7 Å². The van der Waals surface area contributed by atoms with Crippen molar-refractivity contribution in [3.05, 3.63) is 35.0 Å². The lowest BCUT2D eigenvalue weighted by Gasteiger charge is -2.56. The Bertz CT molecular complexity index is 942. The van der Waals surface area contributed by atoms with Gasteiger partial charge in [-0.25, -0.2) is 4.98 Å². The molecule has 0 radical (unpaired) electrons. The molecule has 0 atom stereocenters. The van der Waals surface area contributed by atoms with Gasteiger partial charge in [0.2, 0.25) is 0 Å². The van der Waals surface area contributed by atoms with Crippen LogP contribution >= 0.6 is 23.1 Å². The van der Waals surface area contributed by atoms with E-state index in [0.29, 0.717) is 28.5 Å². The third-order valence-corrected chi connectivity index (χ3v) is 9.99. The van der Waals surface area contributed by atoms with Crippen LogP contribution in [0.25, 0.3) is 15.8 Å². The smallest absolute Gasteiger partial charge is 0.135 e. The molecule has 1 aliphatic heterocycles. The van der Waals surface area contributed by atoms with Crippen LogP contribution in [0.2, 0.25) is 0 Å². The first-order valence-electron chi connectivity index (χ1n) is 10.8. The molecule has 4 bridgehead atoms. The summed E-state index contributed by atoms with van der Waals surface area (Å²) in [6.45, 7) is 1.29. The molecule has 7 rings (SSSR count). The summed E-state index contributed by atoms with van der Waals surface area (Å²) >= 11 is 3.74. The minimum atomic E-state index is 0.300. The van der Waals surface area contributed by atoms with E-state index >= 15 is 0 Å². The van der Waals surface area contributed by atoms with Crippen molar-refractivity contribution in [2.24, 2.45) is 17.8 Å². The summed E-state index contributed by atoms with van der Waals surface area (Å²) in [7, 11) is 0. The van der Waals surface area contributed by atoms with Crippen molar-refractivity contribution in [1.82, 2.24) is 9.88 Å². The number of nitrogens with zero attached hydrogens (tertiary/aromatic N) is 2. The molecule has 2 aromatic rings. The van der Waals surface area contributed by atoms with Crippen molar-refractivity contribution in [1.29, 1.82) is 5.41 Å². The van der Waals surface area contributed by atoms with Gasteiger partial charge >= 0.3 is 0 Å². The quantitative estimate of drug-likeness (QED) is 0.658. The zero-order valence-electron chi connectivity index (χ0n) is 16.6. The summed E-state index contributed by atoms with van der Waals surface area (Å²) in [6.07, 6.45) is 8.71. The summed E-state index contributed by atoms with van der Waals surface area (Å²) in [5.41, 5.74) is 1.57. The maximum Gasteiger partial charge on any atom is 0.135 e. The van der Waals surface area contributed by atoms with E-state index in [1.54, 1.807) is 11.3 Å². The van der Waals surface area contributed by atoms with Crippen molar-refractivity contribution in [2.45, 2.75) is 43.3 Å². The molecule has 0 unspecified atom stereocenters. The molecule has 2 N–H and O–H groups in total. The first-order chi connectivity index (χ1) is 14.1. The molecule has 4 saturated carbocycles. The highest BCUT2D eigenvalue weighted by Gasteiger charge is 2.51. The number of hydrogen-bond donors (Lipinski definition) is 2. The average Bonchev–Trinajstić information content (AvgIpc) is 3.20. The second-order valence-corrected chi connectivity index (χ2v) is 12.1. The molecule has 5 aliphatic rings. The Hall–Kier alpha value is -1.53. The number of thiazole rings is 1. The third kappa shape index (κ3) is 3.10. The van der Waals surface area contributed by atoms with Gasteiger partial charge in [-0.3, -0.25) is 5.41 Å². The Morgan fingerprint density at radius 2 is 1.83 bits per heavy atom. The van der Waals surface area contributed by atoms with Gasteiger partial charge in [-0.1, -0.05) is 12.1 Å². The number of benzene rings is 1. The summed E-state index contributed by atoms with van der Waals surface area (Å²) < 4.78 is 1.62. The first-order valence-corrected chi connectivity index (χ1v) is 12.6. The monoisotopic (exact) mass is 425 g/mol. The van der Waals surface area contributed by atoms with E-state index in [2.05, 4.69) is 16.7 Å². The molecule has 2 heterocycles. The van der Waals surface area contributed by atoms with Gasteiger partial charge in [0.1, 0.15) is 16.6 Å². The number of rotatable bonds is 5. The number of para-hydroxylation sites is 1. The Labute approximate surface area is 179 Å². The van der Waals surface area contributed by atoms with Crippen LogP contribution in [0.5, 0.6) is 0 Å². The lowest BCUT2D eigenvalue weighted by atomic mass is 9.56. The van der Waals surface area contributed by atoms with Crippen LogP contribution in [0.15, 0.2) is 30.0 Å². The van der Waals surface area contributed by atoms with Gasteiger partial charge in [0.05, 0.1) is 22.3 Å². The molecule has 152 valence electrons. The fourth-order valence-corrected chi connectivity index (χ4v) is 9.45. The maximum absolute atomic E-state index is 10.6. The molecule has 4 fully saturated rings. The zero-order chi connectivity index (χ0) is 19.6. The maximum atomic E-state index is 10.6. The molecule has 4 nitrogen and oxygen atoms in total. The summed E-state index contributed by atoms with van der Waals surface area (Å²) in [5.74, 6) is 4.73. The van der Waals surface area contributed by atoms with E-state index < -0.39 is 0 Å². The number of thioether (sulfide) groups is 1. The van der Waals surface area contributed by atoms with Gasteiger partial charge in [-0.15, -0.1) is 11.3 Å². The van der Waals surface area contributed by atoms with Crippen molar-refractivity contribution in [3.63, 3.8) is 0 Å². The molecular formula is C23H27N3OS2. The highest BCUT2D eigenvalue weighted by molar-refractivity contribution is 8.00. The van der Waals surface area contributed by atoms with E-state index in [-0.39, 0.29) is 0 Å². The average molecular weight is 426 g/mol. The van der Waals surface area contributed by atoms with Crippen LogP contribution in [0, 0.1) is 23.2 Å². The summed E-state index contributed by atoms with van der Waals surface area (Å²) in [5, 5.41) is 20.0. The lowest BCUT2D eigenvalue weighted by Crippen LogP contribution is -2.49. The largest absolute Gasteiger partial charge is 0.510 e. The van der Waals surface area contributed by atoms with E-state index in [1.807, 2.05) is 29.2 Å². The molecule has 29 heavy (non-hydrogen) atoms. The Morgan fingerprint density at radius 1 is 1.14 bits per heavy atom. The molecule has 4 aliphatic carbocycles. The number of fused-ring (bicyclic) bond motifs is 1. The Balaban J connectivity index is 1.12. The van der Waals surface area contributed by atoms with Crippen LogP contribution in [0.1, 0.15) is 43.5 Å². The van der Waals surface area contributed by atoms with Gasteiger partial charge in [0.25, 0.3) is 0 Å². The number of aliphatic hydroxyl groups excluding tert-OH is 1. The molecule has 1 aromatic carbocycles. The van der Waals surface area contributed by atoms with Crippen LogP contribution in [-0.4, -0.2) is 44.4 Å². The van der Waals surface area contributed by atoms with E-state index in [0.717, 1.165) is 45.3 Å². The summed E-state index contributed by atoms with van der Waals surface area (Å²) in [6, 6.07) is 8.03. The van der Waals surface area contributed by atoms with Crippen molar-refractivity contribution < 1.29 is 5.11 Å². The Kier molecular flexibility index (Phi) is 4.24. The van der Waals surface area contributed by atoms with Crippen molar-refractivity contribution in [3.8, 4) is 0 Å². The predicted molar refractivity (Wildman–Crippen MR) is 122 cm³/mol. The molecule has 1 aromatic heterocycles. The first kappa shape index (κ1) is 18.3. The lowest BCUT2D eigenvalue weighted by molar-refractivity contribution is 0.0383.